The van der Waals surface area contributed by atoms with Gasteiger partial charge in [0.1, 0.15) is 0 Å². The second-order valence-corrected chi connectivity index (χ2v) is 26.3. The van der Waals surface area contributed by atoms with E-state index in [1.807, 2.05) is 42.5 Å². The molecule has 44 heavy (non-hydrogen) atoms. The van der Waals surface area contributed by atoms with Crippen molar-refractivity contribution in [2.75, 3.05) is 0 Å². The molecule has 3 aromatic carbocycles. The first-order chi connectivity index (χ1) is 21.3. The number of hydrogen-bond donors (Lipinski definition) is 0. The number of unbranched alkanes of at least 4 members (excludes halogenated alkanes) is 2. The van der Waals surface area contributed by atoms with Crippen molar-refractivity contribution in [1.29, 1.82) is 0 Å². The molecule has 1 aliphatic heterocycles. The van der Waals surface area contributed by atoms with E-state index in [0.29, 0.717) is 0 Å². The van der Waals surface area contributed by atoms with E-state index in [1.54, 1.807) is 60.7 Å². The van der Waals surface area contributed by atoms with Crippen LogP contribution in [0.15, 0.2) is 135 Å². The van der Waals surface area contributed by atoms with Gasteiger partial charge in [0.2, 0.25) is 0 Å². The molecule has 0 radical (unpaired) electrons. The van der Waals surface area contributed by atoms with Crippen molar-refractivity contribution in [3.63, 3.8) is 0 Å². The first-order valence-electron chi connectivity index (χ1n) is 15.4. The van der Waals surface area contributed by atoms with Crippen molar-refractivity contribution < 1.29 is 16.8 Å². The predicted octanol–water partition coefficient (Wildman–Crippen LogP) is 7.89. The Bertz CT molecular complexity index is 1840. The Morgan fingerprint density at radius 1 is 0.545 bits per heavy atom. The van der Waals surface area contributed by atoms with Gasteiger partial charge in [0, 0.05) is 0 Å². The molecular formula is C35H38N2O4S2Sn. The van der Waals surface area contributed by atoms with Gasteiger partial charge < -0.3 is 0 Å². The number of fused-ring (bicyclic) bond motifs is 2. The molecule has 1 aliphatic rings. The molecule has 0 unspecified atom stereocenters. The molecule has 0 spiro atoms. The molecule has 0 amide bonds. The normalized spacial score (nSPS) is 14.7. The van der Waals surface area contributed by atoms with Crippen LogP contribution in [0.5, 0.6) is 0 Å². The van der Waals surface area contributed by atoms with Crippen molar-refractivity contribution in [2.24, 2.45) is 0 Å². The zero-order chi connectivity index (χ0) is 31.0. The van der Waals surface area contributed by atoms with E-state index in [1.165, 1.54) is 0 Å². The van der Waals surface area contributed by atoms with Crippen LogP contribution in [0, 0.1) is 0 Å². The van der Waals surface area contributed by atoms with Gasteiger partial charge in [-0.25, -0.2) is 0 Å². The molecule has 0 saturated heterocycles. The fraction of sp³-hybridized carbons (Fsp3) is 0.257. The predicted molar refractivity (Wildman–Crippen MR) is 176 cm³/mol. The summed E-state index contributed by atoms with van der Waals surface area (Å²) < 4.78 is 63.9. The van der Waals surface area contributed by atoms with Gasteiger partial charge in [-0.05, 0) is 0 Å². The number of sulfone groups is 2. The molecule has 2 aromatic heterocycles. The van der Waals surface area contributed by atoms with Crippen molar-refractivity contribution in [3.05, 3.63) is 132 Å². The van der Waals surface area contributed by atoms with Crippen molar-refractivity contribution in [2.45, 2.75) is 74.2 Å². The molecule has 0 bridgehead atoms. The van der Waals surface area contributed by atoms with Crippen LogP contribution in [0.25, 0.3) is 0 Å². The number of hydrogen-bond acceptors (Lipinski definition) is 4. The average Bonchev–Trinajstić information content (AvgIpc) is 3.71. The summed E-state index contributed by atoms with van der Waals surface area (Å²) in [5.74, 6) is -0.316. The summed E-state index contributed by atoms with van der Waals surface area (Å²) in [5, 5.41) is 0.565. The monoisotopic (exact) mass is 734 g/mol. The Balaban J connectivity index is 1.74. The summed E-state index contributed by atoms with van der Waals surface area (Å²) in [5.41, 5.74) is 2.90. The Morgan fingerprint density at radius 2 is 0.932 bits per heavy atom. The topological polar surface area (TPSA) is 78.1 Å². The van der Waals surface area contributed by atoms with Gasteiger partial charge in [0.15, 0.2) is 0 Å². The van der Waals surface area contributed by atoms with Gasteiger partial charge in [-0.15, -0.1) is 0 Å². The summed E-state index contributed by atoms with van der Waals surface area (Å²) in [6.07, 6.45) is 3.64. The van der Waals surface area contributed by atoms with Crippen molar-refractivity contribution >= 4 is 38.6 Å². The minimum atomic E-state index is -4.25. The van der Waals surface area contributed by atoms with Crippen molar-refractivity contribution in [1.82, 2.24) is 5.58 Å². The van der Waals surface area contributed by atoms with Crippen LogP contribution in [0.2, 0.25) is 8.87 Å². The quantitative estimate of drug-likeness (QED) is 0.130. The Labute approximate surface area is 265 Å². The molecule has 6 nitrogen and oxygen atoms in total. The SMILES string of the molecule is CCC[CH2][Sn]1([CH2]CCC)[n]2c(ccc2S(=O)(=O)c2ccccc2)C(c2ccccc2)c2ccc(S(=O)(=O)c3ccccc3)[n]21. The van der Waals surface area contributed by atoms with Gasteiger partial charge in [-0.3, -0.25) is 0 Å². The van der Waals surface area contributed by atoms with Crippen LogP contribution in [0.4, 0.5) is 0 Å². The van der Waals surface area contributed by atoms with Crippen LogP contribution < -0.4 is 0 Å². The van der Waals surface area contributed by atoms with Crippen LogP contribution in [-0.4, -0.2) is 41.3 Å². The molecule has 6 rings (SSSR count). The fourth-order valence-electron chi connectivity index (χ4n) is 6.80. The molecule has 0 N–H and O–H groups in total. The molecule has 0 saturated carbocycles. The van der Waals surface area contributed by atoms with E-state index < -0.39 is 38.6 Å². The third kappa shape index (κ3) is 5.08. The van der Waals surface area contributed by atoms with Gasteiger partial charge in [-0.2, -0.15) is 0 Å². The minimum absolute atomic E-state index is 0.249. The van der Waals surface area contributed by atoms with Crippen LogP contribution in [-0.2, 0) is 19.7 Å². The zero-order valence-electron chi connectivity index (χ0n) is 25.1. The second-order valence-electron chi connectivity index (χ2n) is 11.5. The molecule has 0 atom stereocenters. The third-order valence-corrected chi connectivity index (χ3v) is 27.5. The first kappa shape index (κ1) is 30.9. The standard InChI is InChI=1S/C27H20N2O4S2.2C4H9.Sn/c30-34(31,21-12-6-2-7-13-21)25-18-16-23(28-25)27(20-10-4-1-5-11-20)24-17-19-26(29-24)35(32,33)22-14-8-3-9-15-22;2*1-3-4-2;/h1-19,27H;2*1,3-4H2,2H3;/q-2;;;+2. The van der Waals surface area contributed by atoms with Gasteiger partial charge >= 0.3 is 267 Å². The van der Waals surface area contributed by atoms with E-state index in [0.717, 1.165) is 51.5 Å². The molecule has 0 fully saturated rings. The third-order valence-electron chi connectivity index (χ3n) is 8.83. The van der Waals surface area contributed by atoms with Crippen LogP contribution in [0.1, 0.15) is 62.4 Å². The van der Waals surface area contributed by atoms with Crippen LogP contribution in [0.3, 0.4) is 0 Å². The zero-order valence-corrected chi connectivity index (χ0v) is 29.6. The summed E-state index contributed by atoms with van der Waals surface area (Å²) >= 11 is -4.25. The van der Waals surface area contributed by atoms with Gasteiger partial charge in [0.25, 0.3) is 0 Å². The van der Waals surface area contributed by atoms with Crippen LogP contribution >= 0.6 is 0 Å². The Hall–Kier alpha value is -3.08. The van der Waals surface area contributed by atoms with E-state index in [2.05, 4.69) is 31.6 Å². The van der Waals surface area contributed by atoms with Gasteiger partial charge in [0.05, 0.1) is 0 Å². The molecule has 0 aliphatic carbocycles. The summed E-state index contributed by atoms with van der Waals surface area (Å²) in [6.45, 7) is 4.29. The van der Waals surface area contributed by atoms with E-state index in [9.17, 15) is 16.8 Å². The summed E-state index contributed by atoms with van der Waals surface area (Å²) in [7, 11) is -7.79. The molecular weight excluding hydrogens is 695 g/mol. The second kappa shape index (κ2) is 12.4. The molecule has 9 heteroatoms. The summed E-state index contributed by atoms with van der Waals surface area (Å²) in [6, 6.07) is 34.8. The number of rotatable bonds is 11. The van der Waals surface area contributed by atoms with Gasteiger partial charge in [-0.1, -0.05) is 0 Å². The molecule has 228 valence electrons. The molecule has 5 aromatic rings. The molecule has 3 heterocycles. The number of aromatic nitrogens is 2. The first-order valence-corrected chi connectivity index (χ1v) is 24.9. The fourth-order valence-corrected chi connectivity index (χ4v) is 29.6. The maximum absolute atomic E-state index is 14.5. The number of benzene rings is 3. The Morgan fingerprint density at radius 3 is 1.32 bits per heavy atom. The summed E-state index contributed by atoms with van der Waals surface area (Å²) in [4.78, 5) is 0.498. The number of nitrogens with zero attached hydrogens (tertiary/aromatic N) is 2. The van der Waals surface area contributed by atoms with Crippen molar-refractivity contribution in [3.8, 4) is 0 Å². The van der Waals surface area contributed by atoms with E-state index in [-0.39, 0.29) is 25.8 Å². The van der Waals surface area contributed by atoms with E-state index >= 15 is 0 Å². The Kier molecular flexibility index (Phi) is 8.69. The van der Waals surface area contributed by atoms with E-state index in [4.69, 9.17) is 0 Å². The average molecular weight is 734 g/mol. The maximum atomic E-state index is 14.5.